The Balaban J connectivity index is 2.25. The van der Waals surface area contributed by atoms with Gasteiger partial charge in [-0.25, -0.2) is 4.98 Å². The van der Waals surface area contributed by atoms with Crippen molar-refractivity contribution in [3.05, 3.63) is 16.6 Å². The standard InChI is InChI=1S/C10H18N2O2S/c1-10(13,8-11-3-5-14-2)7-9-12-4-6-15-9/h4,6,11,13H,3,5,7-8H2,1-2H3. The van der Waals surface area contributed by atoms with Crippen molar-refractivity contribution in [2.75, 3.05) is 26.8 Å². The van der Waals surface area contributed by atoms with Crippen LogP contribution >= 0.6 is 11.3 Å². The summed E-state index contributed by atoms with van der Waals surface area (Å²) in [6.45, 7) is 3.78. The van der Waals surface area contributed by atoms with Crippen molar-refractivity contribution in [1.82, 2.24) is 10.3 Å². The van der Waals surface area contributed by atoms with Gasteiger partial charge in [-0.2, -0.15) is 0 Å². The molecule has 0 saturated carbocycles. The van der Waals surface area contributed by atoms with Crippen molar-refractivity contribution < 1.29 is 9.84 Å². The van der Waals surface area contributed by atoms with Crippen molar-refractivity contribution in [2.45, 2.75) is 18.9 Å². The average Bonchev–Trinajstić information content (AvgIpc) is 2.64. The van der Waals surface area contributed by atoms with Gasteiger partial charge in [0.2, 0.25) is 0 Å². The van der Waals surface area contributed by atoms with Gasteiger partial charge < -0.3 is 15.2 Å². The minimum absolute atomic E-state index is 0.552. The first kappa shape index (κ1) is 12.6. The zero-order valence-electron chi connectivity index (χ0n) is 9.19. The second-order valence-corrected chi connectivity index (χ2v) is 4.75. The number of nitrogens with one attached hydrogen (secondary N) is 1. The SMILES string of the molecule is COCCNCC(C)(O)Cc1nccs1. The molecule has 15 heavy (non-hydrogen) atoms. The normalized spacial score (nSPS) is 15.1. The Bertz CT molecular complexity index is 262. The number of rotatable bonds is 7. The number of hydrogen-bond acceptors (Lipinski definition) is 5. The Morgan fingerprint density at radius 2 is 2.47 bits per heavy atom. The molecule has 0 aliphatic heterocycles. The lowest BCUT2D eigenvalue weighted by Crippen LogP contribution is -2.40. The molecule has 0 aromatic carbocycles. The number of hydrogen-bond donors (Lipinski definition) is 2. The summed E-state index contributed by atoms with van der Waals surface area (Å²) in [4.78, 5) is 4.15. The summed E-state index contributed by atoms with van der Waals surface area (Å²) < 4.78 is 4.91. The summed E-state index contributed by atoms with van der Waals surface area (Å²) in [5.41, 5.74) is -0.744. The second-order valence-electron chi connectivity index (χ2n) is 3.77. The third-order valence-electron chi connectivity index (χ3n) is 2.00. The molecule has 0 aliphatic carbocycles. The van der Waals surface area contributed by atoms with Crippen LogP contribution in [0.2, 0.25) is 0 Å². The highest BCUT2D eigenvalue weighted by atomic mass is 32.1. The zero-order chi connectivity index (χ0) is 11.1. The summed E-state index contributed by atoms with van der Waals surface area (Å²) in [5.74, 6) is 0. The van der Waals surface area contributed by atoms with Crippen LogP contribution in [0, 0.1) is 0 Å². The molecule has 2 N–H and O–H groups in total. The van der Waals surface area contributed by atoms with Crippen molar-refractivity contribution in [3.63, 3.8) is 0 Å². The first-order chi connectivity index (χ1) is 7.14. The number of aromatic nitrogens is 1. The molecule has 1 aromatic rings. The van der Waals surface area contributed by atoms with Gasteiger partial charge in [0.15, 0.2) is 0 Å². The van der Waals surface area contributed by atoms with Gasteiger partial charge in [0.1, 0.15) is 0 Å². The Morgan fingerprint density at radius 1 is 1.67 bits per heavy atom. The van der Waals surface area contributed by atoms with E-state index >= 15 is 0 Å². The molecular weight excluding hydrogens is 212 g/mol. The zero-order valence-corrected chi connectivity index (χ0v) is 10.0. The minimum Gasteiger partial charge on any atom is -0.388 e. The number of aliphatic hydroxyl groups is 1. The number of nitrogens with zero attached hydrogens (tertiary/aromatic N) is 1. The second kappa shape index (κ2) is 6.17. The molecule has 0 aliphatic rings. The third kappa shape index (κ3) is 5.22. The predicted molar refractivity (Wildman–Crippen MR) is 61.2 cm³/mol. The molecule has 1 rings (SSSR count). The molecule has 0 fully saturated rings. The van der Waals surface area contributed by atoms with E-state index in [0.29, 0.717) is 19.6 Å². The summed E-state index contributed by atoms with van der Waals surface area (Å²) in [6.07, 6.45) is 2.35. The highest BCUT2D eigenvalue weighted by Crippen LogP contribution is 2.14. The van der Waals surface area contributed by atoms with Crippen molar-refractivity contribution >= 4 is 11.3 Å². The average molecular weight is 230 g/mol. The van der Waals surface area contributed by atoms with Gasteiger partial charge in [-0.15, -0.1) is 11.3 Å². The summed E-state index contributed by atoms with van der Waals surface area (Å²) in [6, 6.07) is 0. The summed E-state index contributed by atoms with van der Waals surface area (Å²) in [7, 11) is 1.66. The van der Waals surface area contributed by atoms with E-state index in [0.717, 1.165) is 11.6 Å². The van der Waals surface area contributed by atoms with Crippen molar-refractivity contribution in [1.29, 1.82) is 0 Å². The van der Waals surface area contributed by atoms with Gasteiger partial charge in [-0.05, 0) is 6.92 Å². The molecule has 1 aromatic heterocycles. The van der Waals surface area contributed by atoms with E-state index in [1.165, 1.54) is 0 Å². The van der Waals surface area contributed by atoms with Crippen LogP contribution < -0.4 is 5.32 Å². The molecule has 0 saturated heterocycles. The Morgan fingerprint density at radius 3 is 3.07 bits per heavy atom. The first-order valence-electron chi connectivity index (χ1n) is 4.94. The van der Waals surface area contributed by atoms with E-state index in [1.807, 2.05) is 12.3 Å². The fourth-order valence-electron chi connectivity index (χ4n) is 1.26. The van der Waals surface area contributed by atoms with Crippen molar-refractivity contribution in [2.24, 2.45) is 0 Å². The third-order valence-corrected chi connectivity index (χ3v) is 2.78. The molecule has 0 spiro atoms. The topological polar surface area (TPSA) is 54.4 Å². The quantitative estimate of drug-likeness (QED) is 0.676. The van der Waals surface area contributed by atoms with Crippen LogP contribution in [0.25, 0.3) is 0 Å². The molecule has 5 heteroatoms. The number of thiazole rings is 1. The van der Waals surface area contributed by atoms with Gasteiger partial charge in [-0.1, -0.05) is 0 Å². The van der Waals surface area contributed by atoms with Crippen LogP contribution in [0.15, 0.2) is 11.6 Å². The molecule has 1 unspecified atom stereocenters. The summed E-state index contributed by atoms with van der Waals surface area (Å²) in [5, 5.41) is 16.1. The Labute approximate surface area is 94.3 Å². The van der Waals surface area contributed by atoms with Crippen LogP contribution in [-0.2, 0) is 11.2 Å². The van der Waals surface area contributed by atoms with E-state index in [2.05, 4.69) is 10.3 Å². The highest BCUT2D eigenvalue weighted by molar-refractivity contribution is 7.09. The molecule has 1 heterocycles. The fourth-order valence-corrected chi connectivity index (χ4v) is 2.06. The molecule has 1 atom stereocenters. The lowest BCUT2D eigenvalue weighted by Gasteiger charge is -2.22. The van der Waals surface area contributed by atoms with Gasteiger partial charge in [0.05, 0.1) is 17.2 Å². The lowest BCUT2D eigenvalue weighted by molar-refractivity contribution is 0.0581. The Hall–Kier alpha value is -0.490. The van der Waals surface area contributed by atoms with Gasteiger partial charge >= 0.3 is 0 Å². The van der Waals surface area contributed by atoms with Crippen LogP contribution in [-0.4, -0.2) is 42.5 Å². The molecule has 0 amide bonds. The van der Waals surface area contributed by atoms with E-state index in [1.54, 1.807) is 24.6 Å². The van der Waals surface area contributed by atoms with Crippen LogP contribution in [0.3, 0.4) is 0 Å². The van der Waals surface area contributed by atoms with Gasteiger partial charge in [0, 0.05) is 38.2 Å². The number of methoxy groups -OCH3 is 1. The summed E-state index contributed by atoms with van der Waals surface area (Å²) >= 11 is 1.57. The van der Waals surface area contributed by atoms with Crippen LogP contribution in [0.4, 0.5) is 0 Å². The van der Waals surface area contributed by atoms with E-state index in [-0.39, 0.29) is 0 Å². The lowest BCUT2D eigenvalue weighted by atomic mass is 10.0. The maximum atomic E-state index is 10.0. The van der Waals surface area contributed by atoms with Gasteiger partial charge in [0.25, 0.3) is 0 Å². The number of ether oxygens (including phenoxy) is 1. The Kier molecular flexibility index (Phi) is 5.17. The minimum atomic E-state index is -0.744. The molecular formula is C10H18N2O2S. The van der Waals surface area contributed by atoms with E-state index in [4.69, 9.17) is 4.74 Å². The van der Waals surface area contributed by atoms with Crippen molar-refractivity contribution in [3.8, 4) is 0 Å². The monoisotopic (exact) mass is 230 g/mol. The first-order valence-corrected chi connectivity index (χ1v) is 5.82. The predicted octanol–water partition coefficient (Wildman–Crippen LogP) is 0.673. The molecule has 86 valence electrons. The van der Waals surface area contributed by atoms with Gasteiger partial charge in [-0.3, -0.25) is 0 Å². The van der Waals surface area contributed by atoms with Crippen LogP contribution in [0.5, 0.6) is 0 Å². The fraction of sp³-hybridized carbons (Fsp3) is 0.700. The maximum absolute atomic E-state index is 10.0. The van der Waals surface area contributed by atoms with E-state index < -0.39 is 5.60 Å². The maximum Gasteiger partial charge on any atom is 0.0953 e. The molecule has 0 bridgehead atoms. The largest absolute Gasteiger partial charge is 0.388 e. The molecule has 0 radical (unpaired) electrons. The smallest absolute Gasteiger partial charge is 0.0953 e. The molecule has 4 nitrogen and oxygen atoms in total. The van der Waals surface area contributed by atoms with E-state index in [9.17, 15) is 5.11 Å². The highest BCUT2D eigenvalue weighted by Gasteiger charge is 2.21. The van der Waals surface area contributed by atoms with Crippen LogP contribution in [0.1, 0.15) is 11.9 Å².